The molecule has 0 unspecified atom stereocenters. The van der Waals surface area contributed by atoms with E-state index in [9.17, 15) is 8.42 Å². The highest BCUT2D eigenvalue weighted by atomic mass is 32.2. The Kier molecular flexibility index (Phi) is 1.76. The fraction of sp³-hybridized carbons (Fsp3) is 1.00. The van der Waals surface area contributed by atoms with Gasteiger partial charge in [-0.05, 0) is 19.8 Å². The molecule has 0 radical (unpaired) electrons. The molecule has 1 fully saturated rings. The van der Waals surface area contributed by atoms with Gasteiger partial charge in [0.2, 0.25) is 10.0 Å². The van der Waals surface area contributed by atoms with Crippen molar-refractivity contribution in [3.8, 4) is 0 Å². The molecule has 0 aromatic rings. The van der Waals surface area contributed by atoms with Crippen LogP contribution in [0.5, 0.6) is 0 Å². The zero-order chi connectivity index (χ0) is 7.83. The lowest BCUT2D eigenvalue weighted by atomic mass is 10.5. The van der Waals surface area contributed by atoms with Gasteiger partial charge in [-0.25, -0.2) is 13.1 Å². The van der Waals surface area contributed by atoms with Gasteiger partial charge in [-0.2, -0.15) is 0 Å². The first-order chi connectivity index (χ1) is 4.52. The Morgan fingerprint density at radius 3 is 2.30 bits per heavy atom. The summed E-state index contributed by atoms with van der Waals surface area (Å²) in [6.07, 6.45) is 1.62. The van der Waals surface area contributed by atoms with Crippen molar-refractivity contribution in [2.45, 2.75) is 31.4 Å². The van der Waals surface area contributed by atoms with Crippen LogP contribution in [0.1, 0.15) is 26.7 Å². The molecular weight excluding hydrogens is 150 g/mol. The minimum Gasteiger partial charge on any atom is -0.215 e. The molecule has 0 aromatic heterocycles. The summed E-state index contributed by atoms with van der Waals surface area (Å²) in [6.45, 7) is 4.08. The second-order valence-electron chi connectivity index (χ2n) is 2.95. The van der Waals surface area contributed by atoms with Crippen LogP contribution in [0, 0.1) is 0 Å². The van der Waals surface area contributed by atoms with E-state index >= 15 is 0 Å². The Balaban J connectivity index is 2.69. The number of nitrogens with one attached hydrogen (secondary N) is 1. The van der Waals surface area contributed by atoms with E-state index < -0.39 is 14.8 Å². The fourth-order valence-electron chi connectivity index (χ4n) is 0.809. The molecule has 1 aliphatic rings. The molecule has 0 heterocycles. The predicted octanol–water partition coefficient (Wildman–Crippen LogP) is 0.478. The third kappa shape index (κ3) is 1.18. The van der Waals surface area contributed by atoms with E-state index in [4.69, 9.17) is 0 Å². The Labute approximate surface area is 61.9 Å². The van der Waals surface area contributed by atoms with E-state index in [-0.39, 0.29) is 0 Å². The summed E-state index contributed by atoms with van der Waals surface area (Å²) in [6, 6.07) is 0. The molecule has 0 bridgehead atoms. The number of sulfonamides is 1. The average Bonchev–Trinajstić information content (AvgIpc) is 2.49. The van der Waals surface area contributed by atoms with Crippen molar-refractivity contribution in [1.82, 2.24) is 4.72 Å². The molecule has 0 saturated heterocycles. The molecule has 0 amide bonds. The summed E-state index contributed by atoms with van der Waals surface area (Å²) in [4.78, 5) is 0. The second kappa shape index (κ2) is 2.20. The van der Waals surface area contributed by atoms with Crippen LogP contribution in [0.3, 0.4) is 0 Å². The largest absolute Gasteiger partial charge is 0.217 e. The summed E-state index contributed by atoms with van der Waals surface area (Å²) in [5.41, 5.74) is 0. The first-order valence-corrected chi connectivity index (χ1v) is 4.99. The first kappa shape index (κ1) is 8.01. The number of hydrogen-bond acceptors (Lipinski definition) is 2. The Hall–Kier alpha value is -0.0900. The topological polar surface area (TPSA) is 46.2 Å². The quantitative estimate of drug-likeness (QED) is 0.657. The lowest BCUT2D eigenvalue weighted by molar-refractivity contribution is 0.569. The molecule has 1 aliphatic carbocycles. The minimum atomic E-state index is -2.99. The molecule has 0 aromatic carbocycles. The molecule has 60 valence electrons. The van der Waals surface area contributed by atoms with Crippen LogP contribution in [-0.2, 0) is 10.0 Å². The van der Waals surface area contributed by atoms with Crippen molar-refractivity contribution < 1.29 is 8.42 Å². The Morgan fingerprint density at radius 1 is 1.50 bits per heavy atom. The van der Waals surface area contributed by atoms with E-state index in [0.29, 0.717) is 6.54 Å². The van der Waals surface area contributed by atoms with Gasteiger partial charge >= 0.3 is 0 Å². The molecular formula is C6H13NO2S. The highest BCUT2D eigenvalue weighted by molar-refractivity contribution is 7.91. The standard InChI is InChI=1S/C6H13NO2S/c1-3-7-10(8,9)6(2)4-5-6/h7H,3-5H2,1-2H3. The summed E-state index contributed by atoms with van der Waals surface area (Å²) >= 11 is 0. The van der Waals surface area contributed by atoms with Crippen molar-refractivity contribution in [1.29, 1.82) is 0 Å². The van der Waals surface area contributed by atoms with Crippen LogP contribution in [0.4, 0.5) is 0 Å². The van der Waals surface area contributed by atoms with Gasteiger partial charge in [-0.15, -0.1) is 0 Å². The van der Waals surface area contributed by atoms with Crippen molar-refractivity contribution >= 4 is 10.0 Å². The van der Waals surface area contributed by atoms with Gasteiger partial charge in [0.05, 0.1) is 4.75 Å². The SMILES string of the molecule is CCNS(=O)(=O)C1(C)CC1. The smallest absolute Gasteiger partial charge is 0.215 e. The van der Waals surface area contributed by atoms with Crippen LogP contribution in [0.25, 0.3) is 0 Å². The van der Waals surface area contributed by atoms with Crippen molar-refractivity contribution in [2.24, 2.45) is 0 Å². The van der Waals surface area contributed by atoms with Gasteiger partial charge in [0, 0.05) is 6.54 Å². The fourth-order valence-corrected chi connectivity index (χ4v) is 2.18. The molecule has 1 saturated carbocycles. The van der Waals surface area contributed by atoms with Crippen molar-refractivity contribution in [3.63, 3.8) is 0 Å². The Bertz CT molecular complexity index is 216. The van der Waals surface area contributed by atoms with Crippen molar-refractivity contribution in [3.05, 3.63) is 0 Å². The average molecular weight is 163 g/mol. The minimum absolute atomic E-state index is 0.441. The molecule has 0 atom stereocenters. The Morgan fingerprint density at radius 2 is 2.00 bits per heavy atom. The van der Waals surface area contributed by atoms with E-state index in [1.807, 2.05) is 0 Å². The van der Waals surface area contributed by atoms with Gasteiger partial charge in [-0.3, -0.25) is 0 Å². The van der Waals surface area contributed by atoms with Gasteiger partial charge in [0.15, 0.2) is 0 Å². The first-order valence-electron chi connectivity index (χ1n) is 3.51. The highest BCUT2D eigenvalue weighted by Crippen LogP contribution is 2.41. The van der Waals surface area contributed by atoms with Crippen molar-refractivity contribution in [2.75, 3.05) is 6.54 Å². The molecule has 0 spiro atoms. The summed E-state index contributed by atoms with van der Waals surface area (Å²) in [5, 5.41) is 0. The lowest BCUT2D eigenvalue weighted by Gasteiger charge is -2.09. The van der Waals surface area contributed by atoms with E-state index in [0.717, 1.165) is 12.8 Å². The van der Waals surface area contributed by atoms with Gasteiger partial charge in [-0.1, -0.05) is 6.92 Å². The van der Waals surface area contributed by atoms with Gasteiger partial charge in [0.25, 0.3) is 0 Å². The molecule has 3 nitrogen and oxygen atoms in total. The maximum absolute atomic E-state index is 11.2. The normalized spacial score (nSPS) is 22.6. The van der Waals surface area contributed by atoms with E-state index in [2.05, 4.69) is 4.72 Å². The summed E-state index contributed by atoms with van der Waals surface area (Å²) < 4.78 is 24.5. The monoisotopic (exact) mass is 163 g/mol. The lowest BCUT2D eigenvalue weighted by Crippen LogP contribution is -2.33. The third-order valence-corrected chi connectivity index (χ3v) is 4.31. The summed E-state index contributed by atoms with van der Waals surface area (Å²) in [5.74, 6) is 0. The molecule has 4 heteroatoms. The van der Waals surface area contributed by atoms with Crippen LogP contribution in [0.2, 0.25) is 0 Å². The molecule has 10 heavy (non-hydrogen) atoms. The summed E-state index contributed by atoms with van der Waals surface area (Å²) in [7, 11) is -2.99. The maximum Gasteiger partial charge on any atom is 0.217 e. The van der Waals surface area contributed by atoms with Crippen LogP contribution < -0.4 is 4.72 Å². The zero-order valence-corrected chi connectivity index (χ0v) is 7.16. The molecule has 1 N–H and O–H groups in total. The maximum atomic E-state index is 11.2. The van der Waals surface area contributed by atoms with E-state index in [1.165, 1.54) is 0 Å². The zero-order valence-electron chi connectivity index (χ0n) is 6.35. The highest BCUT2D eigenvalue weighted by Gasteiger charge is 2.49. The van der Waals surface area contributed by atoms with Crippen LogP contribution >= 0.6 is 0 Å². The number of rotatable bonds is 3. The second-order valence-corrected chi connectivity index (χ2v) is 5.23. The van der Waals surface area contributed by atoms with Gasteiger partial charge < -0.3 is 0 Å². The third-order valence-electron chi connectivity index (χ3n) is 1.94. The van der Waals surface area contributed by atoms with Crippen LogP contribution in [-0.4, -0.2) is 19.7 Å². The van der Waals surface area contributed by atoms with Gasteiger partial charge in [0.1, 0.15) is 0 Å². The van der Waals surface area contributed by atoms with E-state index in [1.54, 1.807) is 13.8 Å². The molecule has 0 aliphatic heterocycles. The molecule has 1 rings (SSSR count). The number of hydrogen-bond donors (Lipinski definition) is 1. The van der Waals surface area contributed by atoms with Crippen LogP contribution in [0.15, 0.2) is 0 Å². The predicted molar refractivity (Wildman–Crippen MR) is 40.2 cm³/mol.